The first-order valence-corrected chi connectivity index (χ1v) is 23.3. The van der Waals surface area contributed by atoms with Gasteiger partial charge in [-0.1, -0.05) is 83.1 Å². The third-order valence-corrected chi connectivity index (χ3v) is 11.8. The molecule has 0 saturated carbocycles. The van der Waals surface area contributed by atoms with E-state index in [-0.39, 0.29) is 54.9 Å². The Morgan fingerprint density at radius 3 is 1.17 bits per heavy atom. The third kappa shape index (κ3) is 18.3. The zero-order valence-corrected chi connectivity index (χ0v) is 43.2. The maximum Gasteiger partial charge on any atom is 0.245 e. The van der Waals surface area contributed by atoms with Crippen LogP contribution in [0.1, 0.15) is 123 Å². The molecule has 0 aliphatic heterocycles. The maximum atomic E-state index is 14.3. The average Bonchev–Trinajstić information content (AvgIpc) is 3.21. The first-order chi connectivity index (χ1) is 29.9. The number of nitrogens with one attached hydrogen (secondary N) is 3. The number of hydrogen-bond acceptors (Lipinski definition) is 10. The van der Waals surface area contributed by atoms with Crippen LogP contribution in [0.2, 0.25) is 0 Å². The smallest absolute Gasteiger partial charge is 0.245 e. The number of amides is 8. The van der Waals surface area contributed by atoms with Gasteiger partial charge in [0.25, 0.3) is 0 Å². The van der Waals surface area contributed by atoms with Crippen LogP contribution in [0.3, 0.4) is 0 Å². The number of hydrogen-bond donors (Lipinski definition) is 4. The summed E-state index contributed by atoms with van der Waals surface area (Å²) in [6, 6.07) is -7.86. The van der Waals surface area contributed by atoms with Gasteiger partial charge in [0, 0.05) is 35.2 Å². The van der Waals surface area contributed by atoms with E-state index >= 15 is 0 Å². The van der Waals surface area contributed by atoms with Crippen molar-refractivity contribution in [2.45, 2.75) is 171 Å². The summed E-state index contributed by atoms with van der Waals surface area (Å²) in [5.41, 5.74) is 5.58. The lowest BCUT2D eigenvalue weighted by Gasteiger charge is -2.38. The molecule has 8 amide bonds. The first-order valence-electron chi connectivity index (χ1n) is 23.3. The minimum absolute atomic E-state index is 0.0175. The largest absolute Gasteiger partial charge is 0.343 e. The van der Waals surface area contributed by atoms with Crippen molar-refractivity contribution in [3.8, 4) is 0 Å². The summed E-state index contributed by atoms with van der Waals surface area (Å²) in [6.07, 6.45) is 1.86. The van der Waals surface area contributed by atoms with Crippen molar-refractivity contribution in [2.24, 2.45) is 41.2 Å². The van der Waals surface area contributed by atoms with E-state index in [0.717, 1.165) is 6.29 Å². The summed E-state index contributed by atoms with van der Waals surface area (Å²) in [7, 11) is 7.51. The number of rotatable bonds is 27. The Hall–Kier alpha value is -4.61. The van der Waals surface area contributed by atoms with Gasteiger partial charge in [-0.2, -0.15) is 0 Å². The highest BCUT2D eigenvalue weighted by atomic mass is 16.2. The molecule has 65 heavy (non-hydrogen) atoms. The van der Waals surface area contributed by atoms with Crippen LogP contribution in [0, 0.1) is 35.5 Å². The van der Waals surface area contributed by atoms with Gasteiger partial charge >= 0.3 is 0 Å². The van der Waals surface area contributed by atoms with E-state index in [9.17, 15) is 43.2 Å². The highest BCUT2D eigenvalue weighted by Gasteiger charge is 2.40. The van der Waals surface area contributed by atoms with Crippen LogP contribution < -0.4 is 21.7 Å². The first kappa shape index (κ1) is 60.4. The molecule has 0 unspecified atom stereocenters. The molecule has 0 heterocycles. The molecular formula is C47H87N9O9. The fourth-order valence-electron chi connectivity index (χ4n) is 7.67. The number of carbonyl (C=O) groups is 9. The van der Waals surface area contributed by atoms with Crippen LogP contribution in [-0.2, 0) is 43.2 Å². The summed E-state index contributed by atoms with van der Waals surface area (Å²) in [5.74, 6) is -4.82. The van der Waals surface area contributed by atoms with E-state index < -0.39 is 95.6 Å². The van der Waals surface area contributed by atoms with E-state index in [1.54, 1.807) is 20.9 Å². The highest BCUT2D eigenvalue weighted by molar-refractivity contribution is 5.97. The van der Waals surface area contributed by atoms with Gasteiger partial charge in [0.2, 0.25) is 47.3 Å². The lowest BCUT2D eigenvalue weighted by Crippen LogP contribution is -2.60. The molecule has 8 atom stereocenters. The number of carbonyl (C=O) groups excluding carboxylic acids is 9. The number of likely N-dealkylation sites (N-methyl/N-ethyl adjacent to an activating group) is 5. The topological polar surface area (TPSA) is 232 Å². The number of nitrogens with zero attached hydrogens (tertiary/aromatic N) is 5. The predicted molar refractivity (Wildman–Crippen MR) is 253 cm³/mol. The zero-order valence-electron chi connectivity index (χ0n) is 43.2. The Morgan fingerprint density at radius 2 is 0.785 bits per heavy atom. The van der Waals surface area contributed by atoms with E-state index in [4.69, 9.17) is 5.73 Å². The van der Waals surface area contributed by atoms with Gasteiger partial charge in [0.05, 0.1) is 12.6 Å². The summed E-state index contributed by atoms with van der Waals surface area (Å²) >= 11 is 0. The van der Waals surface area contributed by atoms with E-state index in [2.05, 4.69) is 16.0 Å². The molecule has 18 heteroatoms. The average molecular weight is 922 g/mol. The third-order valence-electron chi connectivity index (χ3n) is 11.8. The molecule has 0 spiro atoms. The second-order valence-corrected chi connectivity index (χ2v) is 20.1. The standard InChI is InChI=1S/C47H87N9O9/c1-26(2)20-34(52(15)39(58)24-48)43(61)51-40(31(11)12)47(65)53(16)35(21-27(3)4)42(60)49-32(13)41(59)50-33(14)44(62)54(17)36(22-28(5)6)45(63)55(18)37(23-29(7)8)46(64)56(19)38(25-57)30(9)10/h25-38,40H,20-24,48H2,1-19H3,(H,49,60)(H,50,59)(H,51,61)/t32-,33-,34-,35-,36+,37+,38-,40-/m1/s1. The molecule has 0 bridgehead atoms. The molecule has 0 aliphatic carbocycles. The zero-order chi connectivity index (χ0) is 51.0. The second kappa shape index (κ2) is 27.8. The molecule has 0 fully saturated rings. The van der Waals surface area contributed by atoms with Crippen molar-refractivity contribution in [3.05, 3.63) is 0 Å². The number of aldehydes is 1. The second-order valence-electron chi connectivity index (χ2n) is 20.1. The normalized spacial score (nSPS) is 15.4. The lowest BCUT2D eigenvalue weighted by atomic mass is 9.96. The van der Waals surface area contributed by atoms with Crippen LogP contribution in [0.15, 0.2) is 0 Å². The van der Waals surface area contributed by atoms with Gasteiger partial charge in [-0.25, -0.2) is 0 Å². The van der Waals surface area contributed by atoms with Gasteiger partial charge in [-0.05, 0) is 75.0 Å². The Morgan fingerprint density at radius 1 is 0.431 bits per heavy atom. The molecular weight excluding hydrogens is 835 g/mol. The minimum Gasteiger partial charge on any atom is -0.343 e. The van der Waals surface area contributed by atoms with Gasteiger partial charge in [-0.3, -0.25) is 38.4 Å². The Labute approximate surface area is 390 Å². The van der Waals surface area contributed by atoms with Crippen molar-refractivity contribution < 1.29 is 43.2 Å². The van der Waals surface area contributed by atoms with Crippen LogP contribution >= 0.6 is 0 Å². The summed E-state index contributed by atoms with van der Waals surface area (Å²) in [4.78, 5) is 128. The van der Waals surface area contributed by atoms with Crippen LogP contribution in [0.25, 0.3) is 0 Å². The molecule has 0 aromatic heterocycles. The van der Waals surface area contributed by atoms with Gasteiger partial charge in [0.1, 0.15) is 48.6 Å². The van der Waals surface area contributed by atoms with Crippen molar-refractivity contribution >= 4 is 53.5 Å². The lowest BCUT2D eigenvalue weighted by molar-refractivity contribution is -0.152. The Kier molecular flexibility index (Phi) is 25.8. The fourth-order valence-corrected chi connectivity index (χ4v) is 7.67. The minimum atomic E-state index is -1.16. The van der Waals surface area contributed by atoms with E-state index in [0.29, 0.717) is 12.8 Å². The van der Waals surface area contributed by atoms with Gasteiger partial charge in [0.15, 0.2) is 0 Å². The molecule has 0 radical (unpaired) electrons. The van der Waals surface area contributed by atoms with E-state index in [1.807, 2.05) is 69.2 Å². The summed E-state index contributed by atoms with van der Waals surface area (Å²) in [6.45, 7) is 25.1. The molecule has 0 aromatic rings. The molecule has 5 N–H and O–H groups in total. The van der Waals surface area contributed by atoms with Gasteiger partial charge < -0.3 is 51.0 Å². The molecule has 0 aliphatic rings. The summed E-state index contributed by atoms with van der Waals surface area (Å²) in [5, 5.41) is 8.18. The van der Waals surface area contributed by atoms with Crippen molar-refractivity contribution in [1.82, 2.24) is 40.4 Å². The molecule has 374 valence electrons. The van der Waals surface area contributed by atoms with Crippen LogP contribution in [0.4, 0.5) is 0 Å². The van der Waals surface area contributed by atoms with Crippen molar-refractivity contribution in [3.63, 3.8) is 0 Å². The molecule has 18 nitrogen and oxygen atoms in total. The van der Waals surface area contributed by atoms with Crippen LogP contribution in [0.5, 0.6) is 0 Å². The Bertz CT molecular complexity index is 1620. The monoisotopic (exact) mass is 922 g/mol. The Balaban J connectivity index is 6.35. The quantitative estimate of drug-likeness (QED) is 0.0879. The molecule has 0 saturated heterocycles. The highest BCUT2D eigenvalue weighted by Crippen LogP contribution is 2.22. The van der Waals surface area contributed by atoms with E-state index in [1.165, 1.54) is 66.5 Å². The number of nitrogens with two attached hydrogens (primary N) is 1. The molecule has 0 rings (SSSR count). The SMILES string of the molecule is CC(C)C[C@H](C(=O)N[C@@H](C(=O)N(C)[C@H](CC(C)C)C(=O)N[C@H](C)C(=O)N[C@H](C)C(=O)N(C)[C@@H](CC(C)C)C(=O)N(C)[C@@H](CC(C)C)C(=O)N(C)[C@H](C=O)C(C)C)C(C)C)N(C)C(=O)CN. The fraction of sp³-hybridized carbons (Fsp3) is 0.809. The molecule has 0 aromatic carbocycles. The van der Waals surface area contributed by atoms with Crippen molar-refractivity contribution in [1.29, 1.82) is 0 Å². The van der Waals surface area contributed by atoms with Crippen LogP contribution in [-0.4, -0.2) is 168 Å². The predicted octanol–water partition coefficient (Wildman–Crippen LogP) is 2.27. The van der Waals surface area contributed by atoms with Crippen molar-refractivity contribution in [2.75, 3.05) is 41.8 Å². The summed E-state index contributed by atoms with van der Waals surface area (Å²) < 4.78 is 0. The maximum absolute atomic E-state index is 14.3. The van der Waals surface area contributed by atoms with Gasteiger partial charge in [-0.15, -0.1) is 0 Å².